The van der Waals surface area contributed by atoms with E-state index in [0.29, 0.717) is 11.4 Å². The molecule has 6 rings (SSSR count). The molecule has 0 bridgehead atoms. The van der Waals surface area contributed by atoms with Gasteiger partial charge in [0.05, 0.1) is 26.3 Å². The first-order chi connectivity index (χ1) is 19.6. The molecule has 0 radical (unpaired) electrons. The summed E-state index contributed by atoms with van der Waals surface area (Å²) in [6.07, 6.45) is 0.282. The number of H-pyrrole nitrogens is 1. The number of fused-ring (bicyclic) bond motifs is 2. The van der Waals surface area contributed by atoms with E-state index < -0.39 is 10.1 Å². The Morgan fingerprint density at radius 3 is 2.32 bits per heavy atom. The van der Waals surface area contributed by atoms with Crippen LogP contribution >= 0.6 is 11.3 Å². The Balaban J connectivity index is 1.25. The molecule has 9 heteroatoms. The first-order valence-corrected chi connectivity index (χ1v) is 15.3. The molecule has 6 aromatic rings. The lowest BCUT2D eigenvalue weighted by atomic mass is 10.0. The van der Waals surface area contributed by atoms with E-state index >= 15 is 0 Å². The monoisotopic (exact) mass is 581 g/mol. The molecule has 0 aliphatic carbocycles. The summed E-state index contributed by atoms with van der Waals surface area (Å²) in [6, 6.07) is 21.4. The minimum Gasteiger partial charge on any atom is -0.379 e. The van der Waals surface area contributed by atoms with Crippen LogP contribution in [-0.2, 0) is 16.5 Å². The zero-order chi connectivity index (χ0) is 28.9. The number of benzene rings is 4. The van der Waals surface area contributed by atoms with Crippen molar-refractivity contribution >= 4 is 48.5 Å². The Bertz CT molecular complexity index is 2050. The molecule has 4 aromatic carbocycles. The zero-order valence-electron chi connectivity index (χ0n) is 23.0. The van der Waals surface area contributed by atoms with Gasteiger partial charge in [-0.25, -0.2) is 9.97 Å². The Hall–Kier alpha value is -4.34. The van der Waals surface area contributed by atoms with Crippen molar-refractivity contribution in [2.45, 2.75) is 39.0 Å². The molecular formula is C32H27N3O4S2. The summed E-state index contributed by atoms with van der Waals surface area (Å²) in [7, 11) is -3.97. The van der Waals surface area contributed by atoms with Gasteiger partial charge in [0.2, 0.25) is 0 Å². The van der Waals surface area contributed by atoms with E-state index in [1.54, 1.807) is 41.7 Å². The lowest BCUT2D eigenvalue weighted by Crippen LogP contribution is -2.10. The van der Waals surface area contributed by atoms with Gasteiger partial charge in [0.1, 0.15) is 16.5 Å². The number of nitrogens with one attached hydrogen (secondary N) is 1. The zero-order valence-corrected chi connectivity index (χ0v) is 24.6. The van der Waals surface area contributed by atoms with E-state index in [1.807, 2.05) is 58.0 Å². The molecule has 0 aliphatic heterocycles. The highest BCUT2D eigenvalue weighted by atomic mass is 32.2. The Kier molecular flexibility index (Phi) is 6.71. The third-order valence-corrected chi connectivity index (χ3v) is 9.20. The molecule has 0 spiro atoms. The standard InChI is InChI=1S/C32H27N3O4S2/c1-18-5-9-25(10-6-18)41(37,38)39-24-13-19(2)31(20(3)14-24)32-34-26-11-8-23(17-27(26)35-32)29(36)16-22-7-12-30-28(15-22)33-21(4)40-30/h5-15,17H,16H2,1-4H3,(H,34,35). The predicted octanol–water partition coefficient (Wildman–Crippen LogP) is 7.27. The lowest BCUT2D eigenvalue weighted by Gasteiger charge is -2.12. The van der Waals surface area contributed by atoms with E-state index in [4.69, 9.17) is 9.17 Å². The average Bonchev–Trinajstić information content (AvgIpc) is 3.49. The minimum absolute atomic E-state index is 0.0120. The minimum atomic E-state index is -3.97. The molecule has 2 heterocycles. The second-order valence-corrected chi connectivity index (χ2v) is 13.0. The molecule has 0 saturated carbocycles. The normalized spacial score (nSPS) is 11.8. The van der Waals surface area contributed by atoms with Gasteiger partial charge in [-0.3, -0.25) is 4.79 Å². The summed E-state index contributed by atoms with van der Waals surface area (Å²) in [5.41, 5.74) is 7.35. The largest absolute Gasteiger partial charge is 0.379 e. The van der Waals surface area contributed by atoms with Crippen LogP contribution in [0.2, 0.25) is 0 Å². The van der Waals surface area contributed by atoms with Crippen LogP contribution in [0.1, 0.15) is 37.6 Å². The predicted molar refractivity (Wildman–Crippen MR) is 162 cm³/mol. The van der Waals surface area contributed by atoms with Crippen molar-refractivity contribution in [2.24, 2.45) is 0 Å². The topological polar surface area (TPSA) is 102 Å². The van der Waals surface area contributed by atoms with E-state index in [2.05, 4.69) is 9.97 Å². The van der Waals surface area contributed by atoms with Crippen molar-refractivity contribution in [3.05, 3.63) is 106 Å². The number of rotatable bonds is 7. The summed E-state index contributed by atoms with van der Waals surface area (Å²) in [5.74, 6) is 0.884. The maximum atomic E-state index is 13.1. The molecule has 1 N–H and O–H groups in total. The molecule has 41 heavy (non-hydrogen) atoms. The summed E-state index contributed by atoms with van der Waals surface area (Å²) in [4.78, 5) is 25.9. The van der Waals surface area contributed by atoms with Crippen LogP contribution in [0.15, 0.2) is 77.7 Å². The number of aromatic amines is 1. The number of ketones is 1. The second-order valence-electron chi connectivity index (χ2n) is 10.2. The molecule has 2 aromatic heterocycles. The summed E-state index contributed by atoms with van der Waals surface area (Å²) >= 11 is 1.64. The van der Waals surface area contributed by atoms with Crippen LogP contribution in [0, 0.1) is 27.7 Å². The maximum Gasteiger partial charge on any atom is 0.339 e. The number of carbonyl (C=O) groups is 1. The van der Waals surface area contributed by atoms with Gasteiger partial charge < -0.3 is 9.17 Å². The highest BCUT2D eigenvalue weighted by Gasteiger charge is 2.19. The molecule has 0 aliphatic rings. The lowest BCUT2D eigenvalue weighted by molar-refractivity contribution is 0.0993. The number of aromatic nitrogens is 3. The SMILES string of the molecule is Cc1ccc(S(=O)(=O)Oc2cc(C)c(-c3nc4ccc(C(=O)Cc5ccc6sc(C)nc6c5)cc4[nH]3)c(C)c2)cc1. The molecule has 0 atom stereocenters. The Morgan fingerprint density at radius 1 is 0.854 bits per heavy atom. The van der Waals surface area contributed by atoms with Crippen LogP contribution < -0.4 is 4.18 Å². The molecule has 0 amide bonds. The smallest absolute Gasteiger partial charge is 0.339 e. The Morgan fingerprint density at radius 2 is 1.59 bits per heavy atom. The van der Waals surface area contributed by atoms with Crippen molar-refractivity contribution < 1.29 is 17.4 Å². The number of aryl methyl sites for hydroxylation is 4. The van der Waals surface area contributed by atoms with Crippen LogP contribution in [0.4, 0.5) is 0 Å². The summed E-state index contributed by atoms with van der Waals surface area (Å²) in [6.45, 7) is 7.64. The van der Waals surface area contributed by atoms with Crippen molar-refractivity contribution in [3.63, 3.8) is 0 Å². The molecular weight excluding hydrogens is 555 g/mol. The van der Waals surface area contributed by atoms with Crippen molar-refractivity contribution in [1.82, 2.24) is 15.0 Å². The number of Topliss-reactive ketones (excluding diaryl/α,β-unsaturated/α-hetero) is 1. The average molecular weight is 582 g/mol. The molecule has 0 fully saturated rings. The van der Waals surface area contributed by atoms with Gasteiger partial charge in [-0.15, -0.1) is 11.3 Å². The fraction of sp³-hybridized carbons (Fsp3) is 0.156. The van der Waals surface area contributed by atoms with Crippen molar-refractivity contribution in [3.8, 4) is 17.1 Å². The summed E-state index contributed by atoms with van der Waals surface area (Å²) in [5, 5.41) is 1.00. The van der Waals surface area contributed by atoms with Crippen LogP contribution in [-0.4, -0.2) is 29.2 Å². The van der Waals surface area contributed by atoms with Gasteiger partial charge in [0, 0.05) is 17.5 Å². The first kappa shape index (κ1) is 26.9. The molecule has 0 saturated heterocycles. The third kappa shape index (κ3) is 5.38. The second kappa shape index (κ2) is 10.2. The Labute approximate surface area is 242 Å². The number of imidazole rings is 1. The van der Waals surface area contributed by atoms with Crippen LogP contribution in [0.5, 0.6) is 5.75 Å². The fourth-order valence-corrected chi connectivity index (χ4v) is 6.73. The van der Waals surface area contributed by atoms with E-state index in [1.165, 1.54) is 12.1 Å². The number of hydrogen-bond acceptors (Lipinski definition) is 7. The number of thiazole rings is 1. The van der Waals surface area contributed by atoms with Gasteiger partial charge in [0.15, 0.2) is 5.78 Å². The van der Waals surface area contributed by atoms with Gasteiger partial charge in [-0.1, -0.05) is 23.8 Å². The quantitative estimate of drug-likeness (QED) is 0.157. The van der Waals surface area contributed by atoms with Gasteiger partial charge in [-0.05, 0) is 99.0 Å². The number of carbonyl (C=O) groups excluding carboxylic acids is 1. The highest BCUT2D eigenvalue weighted by Crippen LogP contribution is 2.32. The van der Waals surface area contributed by atoms with E-state index in [9.17, 15) is 13.2 Å². The fourth-order valence-electron chi connectivity index (χ4n) is 5.01. The van der Waals surface area contributed by atoms with Gasteiger partial charge >= 0.3 is 10.1 Å². The summed E-state index contributed by atoms with van der Waals surface area (Å²) < 4.78 is 32.2. The van der Waals surface area contributed by atoms with Crippen LogP contribution in [0.25, 0.3) is 32.6 Å². The van der Waals surface area contributed by atoms with E-state index in [-0.39, 0.29) is 22.8 Å². The molecule has 206 valence electrons. The highest BCUT2D eigenvalue weighted by molar-refractivity contribution is 7.87. The molecule has 0 unspecified atom stereocenters. The van der Waals surface area contributed by atoms with Gasteiger partial charge in [-0.2, -0.15) is 8.42 Å². The molecule has 7 nitrogen and oxygen atoms in total. The third-order valence-electron chi connectivity index (χ3n) is 6.99. The maximum absolute atomic E-state index is 13.1. The number of nitrogens with zero attached hydrogens (tertiary/aromatic N) is 2. The van der Waals surface area contributed by atoms with E-state index in [0.717, 1.165) is 54.1 Å². The van der Waals surface area contributed by atoms with Crippen molar-refractivity contribution in [2.75, 3.05) is 0 Å². The van der Waals surface area contributed by atoms with Crippen LogP contribution in [0.3, 0.4) is 0 Å². The number of hydrogen-bond donors (Lipinski definition) is 1. The van der Waals surface area contributed by atoms with Gasteiger partial charge in [0.25, 0.3) is 0 Å². The van der Waals surface area contributed by atoms with Crippen molar-refractivity contribution in [1.29, 1.82) is 0 Å². The first-order valence-electron chi connectivity index (χ1n) is 13.1.